The van der Waals surface area contributed by atoms with E-state index in [9.17, 15) is 9.18 Å². The van der Waals surface area contributed by atoms with Crippen molar-refractivity contribution in [3.8, 4) is 0 Å². The van der Waals surface area contributed by atoms with Crippen LogP contribution in [-0.2, 0) is 22.4 Å². The number of hydrogen-bond acceptors (Lipinski definition) is 3. The number of ether oxygens (including phenoxy) is 1. The molecule has 1 aromatic heterocycles. The second-order valence-corrected chi connectivity index (χ2v) is 3.49. The number of carbonyl (C=O) groups is 1. The Kier molecular flexibility index (Phi) is 5.46. The fourth-order valence-electron chi connectivity index (χ4n) is 1.35. The van der Waals surface area contributed by atoms with Gasteiger partial charge in [-0.3, -0.25) is 9.78 Å². The molecular weight excluding hydrogens is 209 g/mol. The first-order valence-electron chi connectivity index (χ1n) is 5.41. The van der Waals surface area contributed by atoms with Crippen molar-refractivity contribution in [2.75, 3.05) is 13.3 Å². The Hall–Kier alpha value is -1.45. The Bertz CT molecular complexity index is 324. The number of aromatic nitrogens is 1. The summed E-state index contributed by atoms with van der Waals surface area (Å²) in [6, 6.07) is 3.76. The zero-order chi connectivity index (χ0) is 11.8. The number of nitrogens with zero attached hydrogens (tertiary/aromatic N) is 1. The van der Waals surface area contributed by atoms with Gasteiger partial charge >= 0.3 is 5.97 Å². The Balaban J connectivity index is 2.45. The standard InChI is InChI=1S/C12H16FNO2/c1-2-3-10-4-5-11(14-9-10)8-12(15)16-7-6-13/h4-5,9H,2-3,6-8H2,1H3. The largest absolute Gasteiger partial charge is 0.463 e. The van der Waals surface area contributed by atoms with E-state index in [-0.39, 0.29) is 13.0 Å². The number of rotatable bonds is 6. The van der Waals surface area contributed by atoms with Crippen LogP contribution in [0.4, 0.5) is 4.39 Å². The lowest BCUT2D eigenvalue weighted by Gasteiger charge is -2.03. The van der Waals surface area contributed by atoms with Crippen LogP contribution >= 0.6 is 0 Å². The first-order chi connectivity index (χ1) is 7.76. The lowest BCUT2D eigenvalue weighted by molar-refractivity contribution is -0.143. The van der Waals surface area contributed by atoms with Crippen molar-refractivity contribution in [2.24, 2.45) is 0 Å². The minimum absolute atomic E-state index is 0.104. The van der Waals surface area contributed by atoms with Crippen LogP contribution in [0, 0.1) is 0 Å². The van der Waals surface area contributed by atoms with E-state index >= 15 is 0 Å². The van der Waals surface area contributed by atoms with Crippen LogP contribution < -0.4 is 0 Å². The van der Waals surface area contributed by atoms with Crippen LogP contribution in [0.3, 0.4) is 0 Å². The molecule has 0 aromatic carbocycles. The summed E-state index contributed by atoms with van der Waals surface area (Å²) in [7, 11) is 0. The van der Waals surface area contributed by atoms with E-state index in [0.717, 1.165) is 18.4 Å². The predicted molar refractivity (Wildman–Crippen MR) is 58.9 cm³/mol. The highest BCUT2D eigenvalue weighted by molar-refractivity contribution is 5.71. The van der Waals surface area contributed by atoms with Crippen molar-refractivity contribution in [3.63, 3.8) is 0 Å². The molecule has 0 unspecified atom stereocenters. The summed E-state index contributed by atoms with van der Waals surface area (Å²) in [5, 5.41) is 0. The van der Waals surface area contributed by atoms with Crippen LogP contribution in [-0.4, -0.2) is 24.2 Å². The van der Waals surface area contributed by atoms with Crippen LogP contribution in [0.15, 0.2) is 18.3 Å². The molecule has 0 aliphatic rings. The van der Waals surface area contributed by atoms with Gasteiger partial charge in [0.05, 0.1) is 12.1 Å². The second-order valence-electron chi connectivity index (χ2n) is 3.49. The molecule has 16 heavy (non-hydrogen) atoms. The molecule has 88 valence electrons. The molecule has 0 amide bonds. The summed E-state index contributed by atoms with van der Waals surface area (Å²) in [6.45, 7) is 1.28. The molecule has 0 N–H and O–H groups in total. The van der Waals surface area contributed by atoms with Gasteiger partial charge in [-0.2, -0.15) is 0 Å². The Morgan fingerprint density at radius 2 is 2.31 bits per heavy atom. The summed E-state index contributed by atoms with van der Waals surface area (Å²) in [6.07, 6.45) is 3.92. The number of pyridine rings is 1. The van der Waals surface area contributed by atoms with Gasteiger partial charge in [0.2, 0.25) is 0 Å². The molecule has 4 heteroatoms. The quantitative estimate of drug-likeness (QED) is 0.696. The summed E-state index contributed by atoms with van der Waals surface area (Å²) >= 11 is 0. The number of alkyl halides is 1. The minimum atomic E-state index is -0.644. The topological polar surface area (TPSA) is 39.2 Å². The number of aryl methyl sites for hydroxylation is 1. The number of carbonyl (C=O) groups excluding carboxylic acids is 1. The monoisotopic (exact) mass is 225 g/mol. The molecule has 0 fully saturated rings. The molecule has 0 radical (unpaired) electrons. The fourth-order valence-corrected chi connectivity index (χ4v) is 1.35. The molecule has 1 rings (SSSR count). The molecule has 0 atom stereocenters. The maximum Gasteiger partial charge on any atom is 0.311 e. The van der Waals surface area contributed by atoms with Gasteiger partial charge in [0.1, 0.15) is 13.3 Å². The van der Waals surface area contributed by atoms with Gasteiger partial charge in [-0.1, -0.05) is 19.4 Å². The van der Waals surface area contributed by atoms with Gasteiger partial charge in [0.25, 0.3) is 0 Å². The van der Waals surface area contributed by atoms with Crippen molar-refractivity contribution in [1.82, 2.24) is 4.98 Å². The second kappa shape index (κ2) is 6.93. The molecule has 0 spiro atoms. The first kappa shape index (κ1) is 12.6. The normalized spacial score (nSPS) is 10.1. The van der Waals surface area contributed by atoms with Gasteiger partial charge in [-0.25, -0.2) is 4.39 Å². The summed E-state index contributed by atoms with van der Waals surface area (Å²) in [5.41, 5.74) is 1.81. The molecule has 0 bridgehead atoms. The number of hydrogen-bond donors (Lipinski definition) is 0. The average molecular weight is 225 g/mol. The highest BCUT2D eigenvalue weighted by Crippen LogP contribution is 2.04. The Morgan fingerprint density at radius 3 is 2.88 bits per heavy atom. The lowest BCUT2D eigenvalue weighted by Crippen LogP contribution is -2.10. The van der Waals surface area contributed by atoms with E-state index in [4.69, 9.17) is 0 Å². The third kappa shape index (κ3) is 4.38. The fraction of sp³-hybridized carbons (Fsp3) is 0.500. The van der Waals surface area contributed by atoms with E-state index in [1.165, 1.54) is 0 Å². The van der Waals surface area contributed by atoms with Crippen LogP contribution in [0.5, 0.6) is 0 Å². The average Bonchev–Trinajstić information content (AvgIpc) is 2.29. The molecule has 0 aliphatic carbocycles. The first-order valence-corrected chi connectivity index (χ1v) is 5.41. The van der Waals surface area contributed by atoms with E-state index in [2.05, 4.69) is 16.6 Å². The smallest absolute Gasteiger partial charge is 0.311 e. The van der Waals surface area contributed by atoms with E-state index < -0.39 is 12.6 Å². The van der Waals surface area contributed by atoms with Gasteiger partial charge in [-0.05, 0) is 18.1 Å². The minimum Gasteiger partial charge on any atom is -0.463 e. The van der Waals surface area contributed by atoms with Crippen molar-refractivity contribution < 1.29 is 13.9 Å². The number of halogens is 1. The highest BCUT2D eigenvalue weighted by atomic mass is 19.1. The Morgan fingerprint density at radius 1 is 1.50 bits per heavy atom. The third-order valence-corrected chi connectivity index (χ3v) is 2.09. The molecule has 0 saturated carbocycles. The maximum absolute atomic E-state index is 11.7. The summed E-state index contributed by atoms with van der Waals surface area (Å²) in [5.74, 6) is -0.437. The van der Waals surface area contributed by atoms with Gasteiger partial charge in [-0.15, -0.1) is 0 Å². The van der Waals surface area contributed by atoms with Crippen LogP contribution in [0.1, 0.15) is 24.6 Å². The predicted octanol–water partition coefficient (Wildman–Crippen LogP) is 2.09. The van der Waals surface area contributed by atoms with Crippen molar-refractivity contribution >= 4 is 5.97 Å². The summed E-state index contributed by atoms with van der Waals surface area (Å²) in [4.78, 5) is 15.3. The molecule has 1 heterocycles. The van der Waals surface area contributed by atoms with Gasteiger partial charge < -0.3 is 4.74 Å². The highest BCUT2D eigenvalue weighted by Gasteiger charge is 2.05. The Labute approximate surface area is 94.6 Å². The van der Waals surface area contributed by atoms with Crippen LogP contribution in [0.25, 0.3) is 0 Å². The van der Waals surface area contributed by atoms with E-state index in [1.54, 1.807) is 6.20 Å². The molecule has 3 nitrogen and oxygen atoms in total. The van der Waals surface area contributed by atoms with Crippen molar-refractivity contribution in [3.05, 3.63) is 29.6 Å². The molecule has 1 aromatic rings. The zero-order valence-electron chi connectivity index (χ0n) is 9.41. The maximum atomic E-state index is 11.7. The van der Waals surface area contributed by atoms with Gasteiger partial charge in [0, 0.05) is 6.20 Å². The lowest BCUT2D eigenvalue weighted by atomic mass is 10.1. The van der Waals surface area contributed by atoms with E-state index in [0.29, 0.717) is 5.69 Å². The summed E-state index contributed by atoms with van der Waals surface area (Å²) < 4.78 is 16.4. The molecular formula is C12H16FNO2. The third-order valence-electron chi connectivity index (χ3n) is 2.09. The van der Waals surface area contributed by atoms with Gasteiger partial charge in [0.15, 0.2) is 0 Å². The van der Waals surface area contributed by atoms with Crippen LogP contribution in [0.2, 0.25) is 0 Å². The zero-order valence-corrected chi connectivity index (χ0v) is 9.41. The number of esters is 1. The van der Waals surface area contributed by atoms with Crippen molar-refractivity contribution in [2.45, 2.75) is 26.2 Å². The molecule has 0 aliphatic heterocycles. The SMILES string of the molecule is CCCc1ccc(CC(=O)OCCF)nc1. The van der Waals surface area contributed by atoms with Crippen molar-refractivity contribution in [1.29, 1.82) is 0 Å². The van der Waals surface area contributed by atoms with E-state index in [1.807, 2.05) is 12.1 Å². The molecule has 0 saturated heterocycles.